The first-order chi connectivity index (χ1) is 11.2. The summed E-state index contributed by atoms with van der Waals surface area (Å²) in [5.74, 6) is 0.682. The molecule has 0 aliphatic carbocycles. The van der Waals surface area contributed by atoms with Gasteiger partial charge in [0.1, 0.15) is 0 Å². The summed E-state index contributed by atoms with van der Waals surface area (Å²) in [6.07, 6.45) is 3.63. The molecule has 1 unspecified atom stereocenters. The van der Waals surface area contributed by atoms with Crippen LogP contribution in [-0.2, 0) is 13.1 Å². The van der Waals surface area contributed by atoms with E-state index < -0.39 is 0 Å². The highest BCUT2D eigenvalue weighted by molar-refractivity contribution is 5.15. The molecule has 0 saturated carbocycles. The van der Waals surface area contributed by atoms with Gasteiger partial charge in [0.2, 0.25) is 5.88 Å². The van der Waals surface area contributed by atoms with Gasteiger partial charge >= 0.3 is 0 Å². The molecule has 7 heteroatoms. The third-order valence-electron chi connectivity index (χ3n) is 4.32. The van der Waals surface area contributed by atoms with Gasteiger partial charge in [-0.3, -0.25) is 14.5 Å². The van der Waals surface area contributed by atoms with Gasteiger partial charge in [0.05, 0.1) is 25.5 Å². The van der Waals surface area contributed by atoms with E-state index >= 15 is 0 Å². The van der Waals surface area contributed by atoms with Crippen molar-refractivity contribution in [1.29, 1.82) is 0 Å². The lowest BCUT2D eigenvalue weighted by Crippen LogP contribution is -2.52. The van der Waals surface area contributed by atoms with E-state index in [2.05, 4.69) is 38.1 Å². The molecule has 1 atom stereocenters. The monoisotopic (exact) mass is 316 g/mol. The van der Waals surface area contributed by atoms with Gasteiger partial charge in [-0.15, -0.1) is 5.10 Å². The first-order valence-electron chi connectivity index (χ1n) is 8.05. The number of nitrogens with zero attached hydrogens (tertiary/aromatic N) is 6. The molecule has 1 saturated heterocycles. The van der Waals surface area contributed by atoms with Crippen LogP contribution in [0, 0.1) is 0 Å². The fourth-order valence-corrected chi connectivity index (χ4v) is 2.97. The molecule has 0 bridgehead atoms. The maximum Gasteiger partial charge on any atom is 0.213 e. The molecule has 0 amide bonds. The Hall–Kier alpha value is -1.99. The van der Waals surface area contributed by atoms with Gasteiger partial charge in [-0.1, -0.05) is 11.3 Å². The van der Waals surface area contributed by atoms with Crippen LogP contribution in [0.15, 0.2) is 30.6 Å². The van der Waals surface area contributed by atoms with Crippen molar-refractivity contribution in [1.82, 2.24) is 29.8 Å². The summed E-state index contributed by atoms with van der Waals surface area (Å²) in [7, 11) is 1.66. The Morgan fingerprint density at radius 3 is 2.91 bits per heavy atom. The minimum absolute atomic E-state index is 0.507. The van der Waals surface area contributed by atoms with Crippen LogP contribution in [0.25, 0.3) is 0 Å². The normalized spacial score (nSPS) is 19.8. The average Bonchev–Trinajstić information content (AvgIpc) is 3.09. The SMILES string of the molecule is COc1cccc(CN2CCN(CCn3ccnn3)CC2C)n1. The first-order valence-corrected chi connectivity index (χ1v) is 8.05. The molecule has 7 nitrogen and oxygen atoms in total. The van der Waals surface area contributed by atoms with E-state index in [1.165, 1.54) is 0 Å². The molecule has 1 aliphatic heterocycles. The van der Waals surface area contributed by atoms with Crippen LogP contribution in [0.2, 0.25) is 0 Å². The van der Waals surface area contributed by atoms with Gasteiger partial charge in [-0.05, 0) is 13.0 Å². The van der Waals surface area contributed by atoms with Crippen molar-refractivity contribution in [2.24, 2.45) is 0 Å². The number of ether oxygens (including phenoxy) is 1. The molecule has 124 valence electrons. The molecule has 0 aromatic carbocycles. The highest BCUT2D eigenvalue weighted by Gasteiger charge is 2.23. The second-order valence-electron chi connectivity index (χ2n) is 5.96. The molecule has 3 rings (SSSR count). The van der Waals surface area contributed by atoms with Gasteiger partial charge in [0.15, 0.2) is 0 Å². The molecule has 1 fully saturated rings. The highest BCUT2D eigenvalue weighted by atomic mass is 16.5. The minimum atomic E-state index is 0.507. The van der Waals surface area contributed by atoms with Crippen LogP contribution in [0.3, 0.4) is 0 Å². The zero-order valence-electron chi connectivity index (χ0n) is 13.8. The van der Waals surface area contributed by atoms with Crippen LogP contribution < -0.4 is 4.74 Å². The fourth-order valence-electron chi connectivity index (χ4n) is 2.97. The van der Waals surface area contributed by atoms with Crippen LogP contribution >= 0.6 is 0 Å². The number of methoxy groups -OCH3 is 1. The number of rotatable bonds is 6. The Balaban J connectivity index is 1.50. The van der Waals surface area contributed by atoms with Crippen molar-refractivity contribution in [2.75, 3.05) is 33.3 Å². The van der Waals surface area contributed by atoms with Crippen molar-refractivity contribution in [3.63, 3.8) is 0 Å². The second kappa shape index (κ2) is 7.52. The van der Waals surface area contributed by atoms with Gasteiger partial charge in [-0.2, -0.15) is 0 Å². The standard InChI is InChI=1S/C16H24N6O/c1-14-12-20(9-11-22-7-6-17-19-22)8-10-21(14)13-15-4-3-5-16(18-15)23-2/h3-7,14H,8-13H2,1-2H3. The van der Waals surface area contributed by atoms with Crippen molar-refractivity contribution >= 4 is 0 Å². The number of hydrogen-bond donors (Lipinski definition) is 0. The number of pyridine rings is 1. The molecule has 3 heterocycles. The predicted octanol–water partition coefficient (Wildman–Crippen LogP) is 0.888. The zero-order chi connectivity index (χ0) is 16.1. The minimum Gasteiger partial charge on any atom is -0.481 e. The van der Waals surface area contributed by atoms with E-state index in [-0.39, 0.29) is 0 Å². The van der Waals surface area contributed by atoms with E-state index in [0.717, 1.165) is 45.0 Å². The van der Waals surface area contributed by atoms with Crippen LogP contribution in [0.5, 0.6) is 5.88 Å². The molecule has 2 aromatic heterocycles. The Bertz CT molecular complexity index is 602. The van der Waals surface area contributed by atoms with Gasteiger partial charge in [0.25, 0.3) is 0 Å². The van der Waals surface area contributed by atoms with Crippen LogP contribution in [0.1, 0.15) is 12.6 Å². The summed E-state index contributed by atoms with van der Waals surface area (Å²) in [4.78, 5) is 9.48. The summed E-state index contributed by atoms with van der Waals surface area (Å²) in [6.45, 7) is 8.25. The Kier molecular flexibility index (Phi) is 5.19. The van der Waals surface area contributed by atoms with Crippen molar-refractivity contribution in [3.8, 4) is 5.88 Å². The molecular weight excluding hydrogens is 292 g/mol. The summed E-state index contributed by atoms with van der Waals surface area (Å²) >= 11 is 0. The van der Waals surface area contributed by atoms with Gasteiger partial charge in [-0.25, -0.2) is 4.98 Å². The number of hydrogen-bond acceptors (Lipinski definition) is 6. The summed E-state index contributed by atoms with van der Waals surface area (Å²) in [6, 6.07) is 6.45. The van der Waals surface area contributed by atoms with Gasteiger partial charge in [0, 0.05) is 51.0 Å². The molecule has 0 spiro atoms. The number of piperazine rings is 1. The van der Waals surface area contributed by atoms with Crippen molar-refractivity contribution in [3.05, 3.63) is 36.3 Å². The third-order valence-corrected chi connectivity index (χ3v) is 4.32. The number of aromatic nitrogens is 4. The van der Waals surface area contributed by atoms with E-state index in [0.29, 0.717) is 11.9 Å². The molecule has 0 radical (unpaired) electrons. The van der Waals surface area contributed by atoms with E-state index in [4.69, 9.17) is 4.74 Å². The molecule has 1 aliphatic rings. The molecule has 23 heavy (non-hydrogen) atoms. The van der Waals surface area contributed by atoms with Gasteiger partial charge < -0.3 is 4.74 Å². The zero-order valence-corrected chi connectivity index (χ0v) is 13.8. The predicted molar refractivity (Wildman–Crippen MR) is 87.1 cm³/mol. The summed E-state index contributed by atoms with van der Waals surface area (Å²) < 4.78 is 7.09. The Morgan fingerprint density at radius 1 is 1.26 bits per heavy atom. The topological polar surface area (TPSA) is 59.3 Å². The summed E-state index contributed by atoms with van der Waals surface area (Å²) in [5, 5.41) is 7.86. The third kappa shape index (κ3) is 4.27. The smallest absolute Gasteiger partial charge is 0.213 e. The molecule has 0 N–H and O–H groups in total. The molecular formula is C16H24N6O. The van der Waals surface area contributed by atoms with E-state index in [9.17, 15) is 0 Å². The highest BCUT2D eigenvalue weighted by Crippen LogP contribution is 2.14. The lowest BCUT2D eigenvalue weighted by Gasteiger charge is -2.39. The second-order valence-corrected chi connectivity index (χ2v) is 5.96. The lowest BCUT2D eigenvalue weighted by molar-refractivity contribution is 0.0738. The maximum atomic E-state index is 5.20. The Morgan fingerprint density at radius 2 is 2.17 bits per heavy atom. The van der Waals surface area contributed by atoms with Crippen molar-refractivity contribution < 1.29 is 4.74 Å². The quantitative estimate of drug-likeness (QED) is 0.789. The largest absolute Gasteiger partial charge is 0.481 e. The van der Waals surface area contributed by atoms with Crippen molar-refractivity contribution in [2.45, 2.75) is 26.1 Å². The fraction of sp³-hybridized carbons (Fsp3) is 0.562. The molecule has 2 aromatic rings. The van der Waals surface area contributed by atoms with Crippen LogP contribution in [-0.4, -0.2) is 69.1 Å². The van der Waals surface area contributed by atoms with E-state index in [1.54, 1.807) is 13.3 Å². The maximum absolute atomic E-state index is 5.20. The van der Waals surface area contributed by atoms with E-state index in [1.807, 2.05) is 23.0 Å². The van der Waals surface area contributed by atoms with Crippen LogP contribution in [0.4, 0.5) is 0 Å². The first kappa shape index (κ1) is 15.9. The summed E-state index contributed by atoms with van der Waals surface area (Å²) in [5.41, 5.74) is 1.06. The average molecular weight is 316 g/mol. The lowest BCUT2D eigenvalue weighted by atomic mass is 10.1. The Labute approximate surface area is 136 Å².